The maximum Gasteiger partial charge on any atom is 0.393 e. The third-order valence-electron chi connectivity index (χ3n) is 2.23. The first kappa shape index (κ1) is 10.7. The average molecular weight is 262 g/mol. The Morgan fingerprint density at radius 3 is 3.11 bits per heavy atom. The number of pyridine rings is 1. The van der Waals surface area contributed by atoms with Crippen molar-refractivity contribution in [1.29, 1.82) is 0 Å². The molecule has 0 bridgehead atoms. The lowest BCUT2D eigenvalue weighted by Gasteiger charge is -2.00. The van der Waals surface area contributed by atoms with Crippen molar-refractivity contribution in [2.24, 2.45) is 0 Å². The summed E-state index contributed by atoms with van der Waals surface area (Å²) < 4.78 is 6.77. The number of hydrogen-bond acceptors (Lipinski definition) is 6. The number of fused-ring (bicyclic) bond motifs is 1. The van der Waals surface area contributed by atoms with Gasteiger partial charge in [0.15, 0.2) is 0 Å². The summed E-state index contributed by atoms with van der Waals surface area (Å²) in [6.07, 6.45) is 4.64. The van der Waals surface area contributed by atoms with Crippen LogP contribution in [0.15, 0.2) is 36.1 Å². The fraction of sp³-hybridized carbons (Fsp3) is 0. The lowest BCUT2D eigenvalue weighted by molar-refractivity contribution is -0.391. The fourth-order valence-electron chi connectivity index (χ4n) is 1.51. The zero-order valence-electron chi connectivity index (χ0n) is 8.89. The summed E-state index contributed by atoms with van der Waals surface area (Å²) in [5.74, 6) is 0.196. The molecule has 0 aliphatic heterocycles. The predicted molar refractivity (Wildman–Crippen MR) is 64.0 cm³/mol. The normalized spacial score (nSPS) is 10.7. The van der Waals surface area contributed by atoms with Gasteiger partial charge in [-0.05, 0) is 17.1 Å². The van der Waals surface area contributed by atoms with E-state index in [2.05, 4.69) is 9.97 Å². The molecule has 0 aromatic carbocycles. The van der Waals surface area contributed by atoms with E-state index < -0.39 is 4.92 Å². The molecule has 0 unspecified atom stereocenters. The molecule has 0 spiro atoms. The van der Waals surface area contributed by atoms with Gasteiger partial charge in [-0.3, -0.25) is 4.98 Å². The minimum atomic E-state index is -0.515. The Kier molecular flexibility index (Phi) is 2.41. The topological polar surface area (TPSA) is 82.6 Å². The van der Waals surface area contributed by atoms with Crippen molar-refractivity contribution in [1.82, 2.24) is 14.4 Å². The van der Waals surface area contributed by atoms with E-state index in [0.717, 1.165) is 0 Å². The quantitative estimate of drug-likeness (QED) is 0.535. The van der Waals surface area contributed by atoms with Crippen LogP contribution in [0, 0.1) is 10.1 Å². The molecule has 0 aliphatic rings. The molecule has 8 heteroatoms. The maximum absolute atomic E-state index is 11.0. The highest BCUT2D eigenvalue weighted by molar-refractivity contribution is 7.15. The van der Waals surface area contributed by atoms with Gasteiger partial charge in [-0.1, -0.05) is 11.3 Å². The number of imidazole rings is 1. The number of hydrogen-bond donors (Lipinski definition) is 0. The van der Waals surface area contributed by atoms with Crippen molar-refractivity contribution in [3.05, 3.63) is 46.2 Å². The highest BCUT2D eigenvalue weighted by atomic mass is 32.1. The Bertz CT molecular complexity index is 706. The Morgan fingerprint density at radius 1 is 1.50 bits per heavy atom. The van der Waals surface area contributed by atoms with Crippen LogP contribution in [0.3, 0.4) is 0 Å². The fourth-order valence-corrected chi connectivity index (χ4v) is 2.21. The van der Waals surface area contributed by atoms with Crippen LogP contribution in [0.4, 0.5) is 5.82 Å². The number of nitro groups is 1. The molecule has 0 saturated heterocycles. The van der Waals surface area contributed by atoms with Gasteiger partial charge in [-0.2, -0.15) is 9.38 Å². The number of nitrogens with zero attached hydrogens (tertiary/aromatic N) is 4. The van der Waals surface area contributed by atoms with Crippen molar-refractivity contribution in [3.8, 4) is 11.6 Å². The third kappa shape index (κ3) is 1.68. The van der Waals surface area contributed by atoms with Crippen LogP contribution in [0.5, 0.6) is 11.6 Å². The molecule has 3 aromatic rings. The van der Waals surface area contributed by atoms with Crippen LogP contribution in [-0.2, 0) is 0 Å². The lowest BCUT2D eigenvalue weighted by Crippen LogP contribution is -1.95. The van der Waals surface area contributed by atoms with Crippen molar-refractivity contribution in [2.45, 2.75) is 0 Å². The van der Waals surface area contributed by atoms with E-state index >= 15 is 0 Å². The monoisotopic (exact) mass is 262 g/mol. The second-order valence-electron chi connectivity index (χ2n) is 3.34. The molecule has 0 fully saturated rings. The van der Waals surface area contributed by atoms with Gasteiger partial charge >= 0.3 is 11.7 Å². The minimum Gasteiger partial charge on any atom is -0.431 e. The molecular formula is C10H6N4O3S. The molecule has 3 heterocycles. The van der Waals surface area contributed by atoms with Crippen molar-refractivity contribution in [2.75, 3.05) is 0 Å². The van der Waals surface area contributed by atoms with E-state index in [1.165, 1.54) is 21.9 Å². The second-order valence-corrected chi connectivity index (χ2v) is 4.22. The van der Waals surface area contributed by atoms with E-state index in [1.54, 1.807) is 29.9 Å². The minimum absolute atomic E-state index is 0.0279. The van der Waals surface area contributed by atoms with Crippen molar-refractivity contribution < 1.29 is 9.66 Å². The van der Waals surface area contributed by atoms with Gasteiger partial charge in [0, 0.05) is 11.6 Å². The van der Waals surface area contributed by atoms with Gasteiger partial charge in [-0.25, -0.2) is 0 Å². The Morgan fingerprint density at radius 2 is 2.39 bits per heavy atom. The number of thiazole rings is 1. The second kappa shape index (κ2) is 4.08. The summed E-state index contributed by atoms with van der Waals surface area (Å²) in [7, 11) is 0. The van der Waals surface area contributed by atoms with Gasteiger partial charge in [-0.15, -0.1) is 0 Å². The average Bonchev–Trinajstić information content (AvgIpc) is 2.89. The van der Waals surface area contributed by atoms with Crippen molar-refractivity contribution >= 4 is 22.1 Å². The largest absolute Gasteiger partial charge is 0.431 e. The summed E-state index contributed by atoms with van der Waals surface area (Å²) in [4.78, 5) is 19.0. The molecule has 7 nitrogen and oxygen atoms in total. The summed E-state index contributed by atoms with van der Waals surface area (Å²) in [5.41, 5.74) is 0. The number of ether oxygens (including phenoxy) is 1. The number of aromatic nitrogens is 3. The molecule has 0 N–H and O–H groups in total. The predicted octanol–water partition coefficient (Wildman–Crippen LogP) is 2.49. The first-order valence-electron chi connectivity index (χ1n) is 4.93. The lowest BCUT2D eigenvalue weighted by atomic mass is 10.5. The summed E-state index contributed by atoms with van der Waals surface area (Å²) in [6.45, 7) is 0. The molecule has 0 aliphatic carbocycles. The Labute approximate surface area is 104 Å². The van der Waals surface area contributed by atoms with Crippen LogP contribution >= 0.6 is 11.3 Å². The molecular weight excluding hydrogens is 256 g/mol. The Balaban J connectivity index is 2.08. The van der Waals surface area contributed by atoms with Crippen LogP contribution < -0.4 is 4.74 Å². The molecule has 0 atom stereocenters. The zero-order chi connectivity index (χ0) is 12.5. The van der Waals surface area contributed by atoms with Gasteiger partial charge < -0.3 is 14.9 Å². The van der Waals surface area contributed by atoms with Crippen LogP contribution in [0.25, 0.3) is 4.96 Å². The van der Waals surface area contributed by atoms with Crippen LogP contribution in [0.1, 0.15) is 0 Å². The first-order valence-corrected chi connectivity index (χ1v) is 5.81. The van der Waals surface area contributed by atoms with Gasteiger partial charge in [0.2, 0.25) is 0 Å². The third-order valence-corrected chi connectivity index (χ3v) is 2.98. The molecule has 0 saturated carbocycles. The standard InChI is InChI=1S/C10H6N4O3S/c15-14(16)9-8(12-10-13(9)4-5-18-10)17-7-2-1-3-11-6-7/h1-6H. The smallest absolute Gasteiger partial charge is 0.393 e. The molecule has 0 radical (unpaired) electrons. The van der Waals surface area contributed by atoms with Crippen LogP contribution in [-0.4, -0.2) is 19.3 Å². The van der Waals surface area contributed by atoms with Crippen LogP contribution in [0.2, 0.25) is 0 Å². The molecule has 90 valence electrons. The van der Waals surface area contributed by atoms with Gasteiger partial charge in [0.25, 0.3) is 4.96 Å². The Hall–Kier alpha value is -2.48. The summed E-state index contributed by atoms with van der Waals surface area (Å²) in [5, 5.41) is 12.8. The zero-order valence-corrected chi connectivity index (χ0v) is 9.70. The molecule has 3 rings (SSSR count). The summed E-state index contributed by atoms with van der Waals surface area (Å²) >= 11 is 1.30. The SMILES string of the molecule is O=[N+]([O-])c1c(Oc2cccnc2)nc2sccn12. The van der Waals surface area contributed by atoms with Gasteiger partial charge in [0.1, 0.15) is 11.9 Å². The summed E-state index contributed by atoms with van der Waals surface area (Å²) in [6, 6.07) is 3.34. The molecule has 3 aromatic heterocycles. The van der Waals surface area contributed by atoms with E-state index in [1.807, 2.05) is 0 Å². The highest BCUT2D eigenvalue weighted by Gasteiger charge is 2.25. The molecule has 18 heavy (non-hydrogen) atoms. The van der Waals surface area contributed by atoms with E-state index in [0.29, 0.717) is 10.7 Å². The van der Waals surface area contributed by atoms with Crippen molar-refractivity contribution in [3.63, 3.8) is 0 Å². The van der Waals surface area contributed by atoms with E-state index in [9.17, 15) is 10.1 Å². The van der Waals surface area contributed by atoms with E-state index in [4.69, 9.17) is 4.74 Å². The van der Waals surface area contributed by atoms with E-state index in [-0.39, 0.29) is 11.7 Å². The van der Waals surface area contributed by atoms with Gasteiger partial charge in [0.05, 0.1) is 6.20 Å². The maximum atomic E-state index is 11.0. The first-order chi connectivity index (χ1) is 8.75. The number of rotatable bonds is 3. The molecule has 0 amide bonds. The highest BCUT2D eigenvalue weighted by Crippen LogP contribution is 2.32.